The summed E-state index contributed by atoms with van der Waals surface area (Å²) in [6.07, 6.45) is 1.06. The third-order valence-electron chi connectivity index (χ3n) is 2.79. The SMILES string of the molecule is CCCNc1nc2ccc(OC)cc2cc1CCl. The van der Waals surface area contributed by atoms with E-state index in [1.165, 1.54) is 0 Å². The molecule has 2 aromatic rings. The van der Waals surface area contributed by atoms with E-state index in [1.54, 1.807) is 7.11 Å². The van der Waals surface area contributed by atoms with Crippen LogP contribution in [0.15, 0.2) is 24.3 Å². The van der Waals surface area contributed by atoms with Gasteiger partial charge < -0.3 is 10.1 Å². The molecule has 0 saturated carbocycles. The van der Waals surface area contributed by atoms with Crippen LogP contribution >= 0.6 is 11.6 Å². The Morgan fingerprint density at radius 2 is 2.17 bits per heavy atom. The van der Waals surface area contributed by atoms with Crippen LogP contribution in [0.4, 0.5) is 5.82 Å². The van der Waals surface area contributed by atoms with Gasteiger partial charge in [-0.1, -0.05) is 6.92 Å². The number of pyridine rings is 1. The van der Waals surface area contributed by atoms with Crippen LogP contribution in [0.2, 0.25) is 0 Å². The van der Waals surface area contributed by atoms with E-state index in [0.29, 0.717) is 5.88 Å². The van der Waals surface area contributed by atoms with Gasteiger partial charge in [-0.25, -0.2) is 4.98 Å². The summed E-state index contributed by atoms with van der Waals surface area (Å²) in [6, 6.07) is 7.92. The summed E-state index contributed by atoms with van der Waals surface area (Å²) in [6.45, 7) is 3.03. The Hall–Kier alpha value is -1.48. The lowest BCUT2D eigenvalue weighted by molar-refractivity contribution is 0.415. The van der Waals surface area contributed by atoms with Gasteiger partial charge in [-0.05, 0) is 30.7 Å². The van der Waals surface area contributed by atoms with Gasteiger partial charge in [0.1, 0.15) is 11.6 Å². The van der Waals surface area contributed by atoms with Crippen molar-refractivity contribution in [3.05, 3.63) is 29.8 Å². The average molecular weight is 265 g/mol. The predicted octanol–water partition coefficient (Wildman–Crippen LogP) is 3.80. The Balaban J connectivity index is 2.46. The van der Waals surface area contributed by atoms with E-state index in [2.05, 4.69) is 23.3 Å². The quantitative estimate of drug-likeness (QED) is 0.834. The zero-order valence-electron chi connectivity index (χ0n) is 10.7. The van der Waals surface area contributed by atoms with E-state index in [-0.39, 0.29) is 0 Å². The maximum atomic E-state index is 5.97. The number of nitrogens with one attached hydrogen (secondary N) is 1. The van der Waals surface area contributed by atoms with Crippen molar-refractivity contribution in [3.8, 4) is 5.75 Å². The first kappa shape index (κ1) is 13.0. The second-order valence-corrected chi connectivity index (χ2v) is 4.38. The first-order valence-corrected chi connectivity index (χ1v) is 6.59. The molecule has 0 radical (unpaired) electrons. The highest BCUT2D eigenvalue weighted by Crippen LogP contribution is 2.25. The molecule has 1 heterocycles. The molecule has 0 aliphatic heterocycles. The van der Waals surface area contributed by atoms with Gasteiger partial charge in [0.2, 0.25) is 0 Å². The molecule has 1 N–H and O–H groups in total. The van der Waals surface area contributed by atoms with Gasteiger partial charge in [-0.3, -0.25) is 0 Å². The van der Waals surface area contributed by atoms with Crippen molar-refractivity contribution >= 4 is 28.3 Å². The number of anilines is 1. The molecule has 0 saturated heterocycles. The third-order valence-corrected chi connectivity index (χ3v) is 3.08. The lowest BCUT2D eigenvalue weighted by atomic mass is 10.1. The largest absolute Gasteiger partial charge is 0.497 e. The van der Waals surface area contributed by atoms with E-state index in [1.807, 2.05) is 18.2 Å². The highest BCUT2D eigenvalue weighted by molar-refractivity contribution is 6.17. The molecule has 3 nitrogen and oxygen atoms in total. The summed E-state index contributed by atoms with van der Waals surface area (Å²) in [5, 5.41) is 4.36. The second-order valence-electron chi connectivity index (χ2n) is 4.12. The zero-order chi connectivity index (χ0) is 13.0. The van der Waals surface area contributed by atoms with E-state index >= 15 is 0 Å². The number of aromatic nitrogens is 1. The fourth-order valence-corrected chi connectivity index (χ4v) is 2.03. The van der Waals surface area contributed by atoms with E-state index in [9.17, 15) is 0 Å². The van der Waals surface area contributed by atoms with Crippen molar-refractivity contribution in [2.24, 2.45) is 0 Å². The Bertz CT molecular complexity index is 543. The van der Waals surface area contributed by atoms with Crippen LogP contribution in [-0.2, 0) is 5.88 Å². The fraction of sp³-hybridized carbons (Fsp3) is 0.357. The van der Waals surface area contributed by atoms with Gasteiger partial charge in [-0.2, -0.15) is 0 Å². The van der Waals surface area contributed by atoms with Crippen molar-refractivity contribution < 1.29 is 4.74 Å². The summed E-state index contributed by atoms with van der Waals surface area (Å²) >= 11 is 5.97. The number of fused-ring (bicyclic) bond motifs is 1. The number of alkyl halides is 1. The molecule has 18 heavy (non-hydrogen) atoms. The maximum absolute atomic E-state index is 5.97. The lowest BCUT2D eigenvalue weighted by Crippen LogP contribution is -2.05. The average Bonchev–Trinajstić information content (AvgIpc) is 2.43. The van der Waals surface area contributed by atoms with Crippen LogP contribution in [0.25, 0.3) is 10.9 Å². The lowest BCUT2D eigenvalue weighted by Gasteiger charge is -2.11. The third kappa shape index (κ3) is 2.67. The Kier molecular flexibility index (Phi) is 4.26. The number of hydrogen-bond acceptors (Lipinski definition) is 3. The number of ether oxygens (including phenoxy) is 1. The Morgan fingerprint density at radius 3 is 2.83 bits per heavy atom. The summed E-state index contributed by atoms with van der Waals surface area (Å²) in [7, 11) is 1.66. The Labute approximate surface area is 112 Å². The van der Waals surface area contributed by atoms with Crippen molar-refractivity contribution in [1.29, 1.82) is 0 Å². The number of rotatable bonds is 5. The van der Waals surface area contributed by atoms with Crippen molar-refractivity contribution in [1.82, 2.24) is 4.98 Å². The van der Waals surface area contributed by atoms with Gasteiger partial charge in [0.05, 0.1) is 18.5 Å². The molecule has 0 bridgehead atoms. The standard InChI is InChI=1S/C14H17ClN2O/c1-3-6-16-14-11(9-15)7-10-8-12(18-2)4-5-13(10)17-14/h4-5,7-8H,3,6,9H2,1-2H3,(H,16,17). The fourth-order valence-electron chi connectivity index (χ4n) is 1.82. The predicted molar refractivity (Wildman–Crippen MR) is 76.6 cm³/mol. The zero-order valence-corrected chi connectivity index (χ0v) is 11.4. The molecule has 1 aromatic carbocycles. The summed E-state index contributed by atoms with van der Waals surface area (Å²) in [4.78, 5) is 4.61. The van der Waals surface area contributed by atoms with Crippen LogP contribution in [0.3, 0.4) is 0 Å². The van der Waals surface area contributed by atoms with Gasteiger partial charge in [0, 0.05) is 17.5 Å². The number of nitrogens with zero attached hydrogens (tertiary/aromatic N) is 1. The molecule has 0 aliphatic carbocycles. The van der Waals surface area contributed by atoms with Crippen molar-refractivity contribution in [2.45, 2.75) is 19.2 Å². The summed E-state index contributed by atoms with van der Waals surface area (Å²) in [5.41, 5.74) is 1.97. The Morgan fingerprint density at radius 1 is 1.33 bits per heavy atom. The molecule has 96 valence electrons. The van der Waals surface area contributed by atoms with E-state index in [4.69, 9.17) is 16.3 Å². The molecule has 0 aliphatic rings. The van der Waals surface area contributed by atoms with Gasteiger partial charge in [-0.15, -0.1) is 11.6 Å². The van der Waals surface area contributed by atoms with Gasteiger partial charge in [0.25, 0.3) is 0 Å². The van der Waals surface area contributed by atoms with E-state index in [0.717, 1.165) is 41.0 Å². The number of methoxy groups -OCH3 is 1. The van der Waals surface area contributed by atoms with Crippen LogP contribution in [0.1, 0.15) is 18.9 Å². The monoisotopic (exact) mass is 264 g/mol. The molecule has 0 amide bonds. The minimum atomic E-state index is 0.451. The molecule has 1 aromatic heterocycles. The van der Waals surface area contributed by atoms with Crippen molar-refractivity contribution in [2.75, 3.05) is 19.0 Å². The molecule has 0 unspecified atom stereocenters. The van der Waals surface area contributed by atoms with Crippen LogP contribution < -0.4 is 10.1 Å². The van der Waals surface area contributed by atoms with Crippen LogP contribution in [0.5, 0.6) is 5.75 Å². The van der Waals surface area contributed by atoms with Crippen LogP contribution in [-0.4, -0.2) is 18.6 Å². The van der Waals surface area contributed by atoms with E-state index < -0.39 is 0 Å². The molecule has 0 spiro atoms. The summed E-state index contributed by atoms with van der Waals surface area (Å²) in [5.74, 6) is 2.16. The van der Waals surface area contributed by atoms with Gasteiger partial charge >= 0.3 is 0 Å². The van der Waals surface area contributed by atoms with Gasteiger partial charge in [0.15, 0.2) is 0 Å². The molecular weight excluding hydrogens is 248 g/mol. The number of benzene rings is 1. The maximum Gasteiger partial charge on any atom is 0.131 e. The molecule has 2 rings (SSSR count). The second kappa shape index (κ2) is 5.91. The normalized spacial score (nSPS) is 10.6. The number of hydrogen-bond donors (Lipinski definition) is 1. The first-order chi connectivity index (χ1) is 8.78. The summed E-state index contributed by atoms with van der Waals surface area (Å²) < 4.78 is 5.21. The minimum absolute atomic E-state index is 0.451. The molecular formula is C14H17ClN2O. The molecule has 0 fully saturated rings. The van der Waals surface area contributed by atoms with Crippen LogP contribution in [0, 0.1) is 0 Å². The first-order valence-electron chi connectivity index (χ1n) is 6.06. The highest BCUT2D eigenvalue weighted by Gasteiger charge is 2.06. The number of halogens is 1. The minimum Gasteiger partial charge on any atom is -0.497 e. The molecule has 4 heteroatoms. The topological polar surface area (TPSA) is 34.2 Å². The smallest absolute Gasteiger partial charge is 0.131 e. The molecule has 0 atom stereocenters. The highest BCUT2D eigenvalue weighted by atomic mass is 35.5. The van der Waals surface area contributed by atoms with Crippen molar-refractivity contribution in [3.63, 3.8) is 0 Å².